The highest BCUT2D eigenvalue weighted by atomic mass is 32.2. The molecule has 1 fully saturated rings. The predicted octanol–water partition coefficient (Wildman–Crippen LogP) is 2.27. The molecule has 3 rings (SSSR count). The summed E-state index contributed by atoms with van der Waals surface area (Å²) in [6.45, 7) is 5.46. The van der Waals surface area contributed by atoms with Crippen molar-refractivity contribution in [2.75, 3.05) is 45.9 Å². The van der Waals surface area contributed by atoms with Crippen LogP contribution >= 0.6 is 0 Å². The molecular weight excluding hydrogens is 416 g/mol. The average molecular weight is 447 g/mol. The summed E-state index contributed by atoms with van der Waals surface area (Å²) in [6.07, 6.45) is 0.804. The fraction of sp³-hybridized carbons (Fsp3) is 0.435. The van der Waals surface area contributed by atoms with Crippen LogP contribution < -0.4 is 10.1 Å². The molecular formula is C23H30N2O5S. The average Bonchev–Trinajstić information content (AvgIpc) is 2.77. The van der Waals surface area contributed by atoms with Gasteiger partial charge in [0.05, 0.1) is 19.0 Å². The number of sulfone groups is 1. The maximum Gasteiger partial charge on any atom is 0.164 e. The van der Waals surface area contributed by atoms with Crippen LogP contribution in [0, 0.1) is 0 Å². The molecule has 1 N–H and O–H groups in total. The van der Waals surface area contributed by atoms with Gasteiger partial charge in [0, 0.05) is 26.2 Å². The molecule has 1 saturated heterocycles. The van der Waals surface area contributed by atoms with E-state index in [2.05, 4.69) is 10.2 Å². The number of rotatable bonds is 12. The molecule has 2 aromatic carbocycles. The van der Waals surface area contributed by atoms with Gasteiger partial charge >= 0.3 is 0 Å². The molecule has 1 atom stereocenters. The van der Waals surface area contributed by atoms with Gasteiger partial charge in [-0.05, 0) is 42.8 Å². The number of nitrogens with one attached hydrogen (secondary N) is 1. The molecule has 1 aliphatic heterocycles. The van der Waals surface area contributed by atoms with Gasteiger partial charge in [-0.3, -0.25) is 4.90 Å². The first-order chi connectivity index (χ1) is 15.1. The van der Waals surface area contributed by atoms with Gasteiger partial charge in [-0.2, -0.15) is 0 Å². The summed E-state index contributed by atoms with van der Waals surface area (Å²) in [5, 5.41) is 2.22. The minimum Gasteiger partial charge on any atom is -0.457 e. The smallest absolute Gasteiger partial charge is 0.164 e. The minimum atomic E-state index is -3.61. The van der Waals surface area contributed by atoms with Crippen LogP contribution in [0.4, 0.5) is 0 Å². The summed E-state index contributed by atoms with van der Waals surface area (Å²) in [6, 6.07) is 16.3. The Hall–Kier alpha value is -2.26. The number of hydrogen-bond acceptors (Lipinski definition) is 7. The van der Waals surface area contributed by atoms with Crippen LogP contribution in [0.2, 0.25) is 0 Å². The van der Waals surface area contributed by atoms with Gasteiger partial charge in [0.1, 0.15) is 23.0 Å². The van der Waals surface area contributed by atoms with Crippen LogP contribution in [0.25, 0.3) is 0 Å². The van der Waals surface area contributed by atoms with Crippen LogP contribution in [0.5, 0.6) is 11.5 Å². The van der Waals surface area contributed by atoms with Crippen LogP contribution in [0.3, 0.4) is 0 Å². The zero-order chi connectivity index (χ0) is 21.9. The summed E-state index contributed by atoms with van der Waals surface area (Å²) in [4.78, 5) is 13.8. The maximum absolute atomic E-state index is 12.8. The second-order valence-corrected chi connectivity index (χ2v) is 9.76. The number of morpholine rings is 1. The Labute approximate surface area is 184 Å². The molecule has 0 aliphatic carbocycles. The first-order valence-corrected chi connectivity index (χ1v) is 12.3. The van der Waals surface area contributed by atoms with Crippen molar-refractivity contribution in [3.63, 3.8) is 0 Å². The highest BCUT2D eigenvalue weighted by Gasteiger charge is 2.25. The first kappa shape index (κ1) is 23.4. The molecule has 0 saturated carbocycles. The second-order valence-electron chi connectivity index (χ2n) is 7.54. The Morgan fingerprint density at radius 2 is 1.77 bits per heavy atom. The lowest BCUT2D eigenvalue weighted by Crippen LogP contribution is -2.40. The number of nitrogens with zero attached hydrogens (tertiary/aromatic N) is 1. The number of para-hydroxylation sites is 1. The Bertz CT molecular complexity index is 915. The lowest BCUT2D eigenvalue weighted by Gasteiger charge is -2.26. The fourth-order valence-electron chi connectivity index (χ4n) is 3.43. The predicted molar refractivity (Wildman–Crippen MR) is 120 cm³/mol. The third-order valence-electron chi connectivity index (χ3n) is 5.17. The standard InChI is InChI=1S/C23H30N2O5S/c26-18-23(9-10-24-11-12-25-13-15-29-16-14-25)31(27,28)19-20-5-4-8-22(17-20)30-21-6-2-1-3-7-21/h1-8,17-18,23-24H,9-16,19H2. The zero-order valence-electron chi connectivity index (χ0n) is 17.6. The molecule has 2 aromatic rings. The van der Waals surface area contributed by atoms with Crippen LogP contribution in [0.15, 0.2) is 54.6 Å². The Morgan fingerprint density at radius 1 is 1.03 bits per heavy atom. The fourth-order valence-corrected chi connectivity index (χ4v) is 4.93. The van der Waals surface area contributed by atoms with Crippen LogP contribution in [-0.4, -0.2) is 70.8 Å². The first-order valence-electron chi connectivity index (χ1n) is 10.6. The highest BCUT2D eigenvalue weighted by molar-refractivity contribution is 7.91. The van der Waals surface area contributed by atoms with E-state index in [-0.39, 0.29) is 12.2 Å². The van der Waals surface area contributed by atoms with E-state index in [1.807, 2.05) is 30.3 Å². The third kappa shape index (κ3) is 7.74. The molecule has 8 heteroatoms. The quantitative estimate of drug-likeness (QED) is 0.395. The van der Waals surface area contributed by atoms with E-state index >= 15 is 0 Å². The van der Waals surface area contributed by atoms with Gasteiger partial charge in [-0.25, -0.2) is 8.42 Å². The van der Waals surface area contributed by atoms with Gasteiger partial charge in [0.2, 0.25) is 0 Å². The highest BCUT2D eigenvalue weighted by Crippen LogP contribution is 2.23. The van der Waals surface area contributed by atoms with Crippen molar-refractivity contribution in [1.82, 2.24) is 10.2 Å². The number of aldehydes is 1. The van der Waals surface area contributed by atoms with E-state index in [9.17, 15) is 13.2 Å². The summed E-state index contributed by atoms with van der Waals surface area (Å²) in [7, 11) is -3.61. The van der Waals surface area contributed by atoms with E-state index in [0.717, 1.165) is 39.4 Å². The molecule has 7 nitrogen and oxygen atoms in total. The van der Waals surface area contributed by atoms with Crippen molar-refractivity contribution in [2.24, 2.45) is 0 Å². The van der Waals surface area contributed by atoms with Crippen LogP contribution in [0.1, 0.15) is 12.0 Å². The van der Waals surface area contributed by atoms with E-state index in [1.165, 1.54) is 0 Å². The molecule has 0 aromatic heterocycles. The lowest BCUT2D eigenvalue weighted by molar-refractivity contribution is -0.107. The topological polar surface area (TPSA) is 84.9 Å². The number of ether oxygens (including phenoxy) is 2. The van der Waals surface area contributed by atoms with Crippen molar-refractivity contribution in [3.8, 4) is 11.5 Å². The summed E-state index contributed by atoms with van der Waals surface area (Å²) >= 11 is 0. The third-order valence-corrected chi connectivity index (χ3v) is 7.18. The SMILES string of the molecule is O=CC(CCNCCN1CCOCC1)S(=O)(=O)Cc1cccc(Oc2ccccc2)c1. The van der Waals surface area contributed by atoms with Gasteiger partial charge in [-0.1, -0.05) is 30.3 Å². The summed E-state index contributed by atoms with van der Waals surface area (Å²) < 4.78 is 36.7. The normalized spacial score (nSPS) is 16.0. The van der Waals surface area contributed by atoms with Crippen molar-refractivity contribution < 1.29 is 22.7 Å². The molecule has 0 amide bonds. The zero-order valence-corrected chi connectivity index (χ0v) is 18.4. The van der Waals surface area contributed by atoms with Crippen molar-refractivity contribution in [3.05, 3.63) is 60.2 Å². The molecule has 1 aliphatic rings. The molecule has 1 heterocycles. The Kier molecular flexibility index (Phi) is 9.02. The lowest BCUT2D eigenvalue weighted by atomic mass is 10.2. The van der Waals surface area contributed by atoms with Crippen molar-refractivity contribution >= 4 is 16.1 Å². The number of carbonyl (C=O) groups is 1. The Balaban J connectivity index is 1.48. The maximum atomic E-state index is 12.8. The molecule has 0 spiro atoms. The number of benzene rings is 2. The van der Waals surface area contributed by atoms with Crippen molar-refractivity contribution in [2.45, 2.75) is 17.4 Å². The largest absolute Gasteiger partial charge is 0.457 e. The van der Waals surface area contributed by atoms with Gasteiger partial charge in [0.15, 0.2) is 9.84 Å². The van der Waals surface area contributed by atoms with Crippen LogP contribution in [-0.2, 0) is 25.1 Å². The van der Waals surface area contributed by atoms with E-state index in [4.69, 9.17) is 9.47 Å². The van der Waals surface area contributed by atoms with E-state index in [0.29, 0.717) is 29.9 Å². The van der Waals surface area contributed by atoms with E-state index in [1.54, 1.807) is 24.3 Å². The second kappa shape index (κ2) is 12.0. The molecule has 0 bridgehead atoms. The van der Waals surface area contributed by atoms with Gasteiger partial charge < -0.3 is 19.6 Å². The number of hydrogen-bond donors (Lipinski definition) is 1. The van der Waals surface area contributed by atoms with Gasteiger partial charge in [0.25, 0.3) is 0 Å². The molecule has 31 heavy (non-hydrogen) atoms. The van der Waals surface area contributed by atoms with Gasteiger partial charge in [-0.15, -0.1) is 0 Å². The molecule has 0 radical (unpaired) electrons. The minimum absolute atomic E-state index is 0.198. The van der Waals surface area contributed by atoms with E-state index < -0.39 is 15.1 Å². The molecule has 168 valence electrons. The number of carbonyl (C=O) groups excluding carboxylic acids is 1. The summed E-state index contributed by atoms with van der Waals surface area (Å²) in [5.74, 6) is 1.04. The monoisotopic (exact) mass is 446 g/mol. The molecule has 1 unspecified atom stereocenters. The summed E-state index contributed by atoms with van der Waals surface area (Å²) in [5.41, 5.74) is 0.598. The Morgan fingerprint density at radius 3 is 2.52 bits per heavy atom. The van der Waals surface area contributed by atoms with Crippen molar-refractivity contribution in [1.29, 1.82) is 0 Å².